The van der Waals surface area contributed by atoms with E-state index in [0.29, 0.717) is 5.75 Å². The Morgan fingerprint density at radius 3 is 1.15 bits per heavy atom. The van der Waals surface area contributed by atoms with E-state index in [1.165, 1.54) is 0 Å². The van der Waals surface area contributed by atoms with Crippen molar-refractivity contribution in [3.63, 3.8) is 0 Å². The van der Waals surface area contributed by atoms with E-state index >= 15 is 0 Å². The van der Waals surface area contributed by atoms with Gasteiger partial charge >= 0.3 is 11.9 Å². The summed E-state index contributed by atoms with van der Waals surface area (Å²) >= 11 is 0. The Morgan fingerprint density at radius 1 is 0.500 bits per heavy atom. The van der Waals surface area contributed by atoms with Gasteiger partial charge < -0.3 is 20.4 Å². The first-order valence-corrected chi connectivity index (χ1v) is 13.5. The van der Waals surface area contributed by atoms with Crippen LogP contribution >= 0.6 is 0 Å². The summed E-state index contributed by atoms with van der Waals surface area (Å²) in [4.78, 5) is 23.1. The van der Waals surface area contributed by atoms with Crippen LogP contribution in [0.3, 0.4) is 0 Å². The number of benzene rings is 5. The molecule has 0 saturated carbocycles. The van der Waals surface area contributed by atoms with Gasteiger partial charge in [-0.1, -0.05) is 36.4 Å². The number of phenols is 2. The standard InChI is InChI=1S/C34H22O6/c35-31-27-23-11-25(21-9-17-5-15(33(37)38)3-1-13(17)7-19(21)23)29(27)32(36)30-26-12-24(28(30)31)20-8-14-2-4-16(34(39)40)6-18(14)10-22(20)26/h1-10,23-26,35-36H,11-12H2,(H,37,38)(H,39,40)/t23-,24+,25+,26-. The second kappa shape index (κ2) is 7.02. The fourth-order valence-electron chi connectivity index (χ4n) is 8.42. The third-order valence-electron chi connectivity index (χ3n) is 10.0. The topological polar surface area (TPSA) is 115 Å². The van der Waals surface area contributed by atoms with Gasteiger partial charge in [0.05, 0.1) is 11.1 Å². The summed E-state index contributed by atoms with van der Waals surface area (Å²) in [5, 5.41) is 46.2. The van der Waals surface area contributed by atoms with E-state index < -0.39 is 11.9 Å². The number of aromatic carboxylic acids is 2. The first-order valence-electron chi connectivity index (χ1n) is 13.5. The first kappa shape index (κ1) is 22.0. The molecule has 0 saturated heterocycles. The minimum absolute atomic E-state index is 0.0145. The van der Waals surface area contributed by atoms with Crippen molar-refractivity contribution in [2.24, 2.45) is 0 Å². The van der Waals surface area contributed by atoms with Crippen molar-refractivity contribution < 1.29 is 30.0 Å². The fourth-order valence-corrected chi connectivity index (χ4v) is 8.42. The summed E-state index contributed by atoms with van der Waals surface area (Å²) in [6, 6.07) is 18.7. The molecule has 6 nitrogen and oxygen atoms in total. The van der Waals surface area contributed by atoms with Crippen molar-refractivity contribution in [3.05, 3.63) is 116 Å². The highest BCUT2D eigenvalue weighted by atomic mass is 16.4. The molecule has 4 atom stereocenters. The molecule has 4 aliphatic carbocycles. The van der Waals surface area contributed by atoms with Gasteiger partial charge in [0.1, 0.15) is 11.5 Å². The highest BCUT2D eigenvalue weighted by Crippen LogP contribution is 2.69. The van der Waals surface area contributed by atoms with E-state index in [0.717, 1.165) is 78.9 Å². The van der Waals surface area contributed by atoms with E-state index in [-0.39, 0.29) is 40.5 Å². The first-order chi connectivity index (χ1) is 19.3. The molecule has 0 radical (unpaired) electrons. The van der Waals surface area contributed by atoms with Gasteiger partial charge in [0.15, 0.2) is 0 Å². The van der Waals surface area contributed by atoms with E-state index in [2.05, 4.69) is 24.3 Å². The Morgan fingerprint density at radius 2 is 0.825 bits per heavy atom. The maximum Gasteiger partial charge on any atom is 0.335 e. The molecule has 0 aliphatic heterocycles. The zero-order valence-electron chi connectivity index (χ0n) is 21.1. The van der Waals surface area contributed by atoms with Crippen molar-refractivity contribution >= 4 is 33.5 Å². The van der Waals surface area contributed by atoms with Crippen LogP contribution in [0.2, 0.25) is 0 Å². The Balaban J connectivity index is 1.22. The number of phenolic OH excluding ortho intramolecular Hbond substituents is 2. The predicted octanol–water partition coefficient (Wildman–Crippen LogP) is 6.76. The zero-order chi connectivity index (χ0) is 27.2. The second-order valence-electron chi connectivity index (χ2n) is 11.7. The molecule has 0 fully saturated rings. The van der Waals surface area contributed by atoms with Gasteiger partial charge in [-0.25, -0.2) is 9.59 Å². The van der Waals surface area contributed by atoms with Gasteiger partial charge in [-0.3, -0.25) is 0 Å². The van der Waals surface area contributed by atoms with Crippen LogP contribution in [0.1, 0.15) is 102 Å². The summed E-state index contributed by atoms with van der Waals surface area (Å²) in [5.41, 5.74) is 8.27. The number of hydrogen-bond donors (Lipinski definition) is 4. The van der Waals surface area contributed by atoms with E-state index in [1.54, 1.807) is 24.3 Å². The monoisotopic (exact) mass is 526 g/mol. The Bertz CT molecular complexity index is 1930. The molecule has 0 amide bonds. The van der Waals surface area contributed by atoms with Crippen molar-refractivity contribution in [2.75, 3.05) is 0 Å². The molecule has 4 aliphatic rings. The van der Waals surface area contributed by atoms with Crippen molar-refractivity contribution in [2.45, 2.75) is 36.5 Å². The van der Waals surface area contributed by atoms with Crippen LogP contribution in [0.5, 0.6) is 11.5 Å². The number of aromatic hydroxyl groups is 2. The number of rotatable bonds is 2. The zero-order valence-corrected chi connectivity index (χ0v) is 21.1. The molecule has 0 spiro atoms. The third-order valence-corrected chi connectivity index (χ3v) is 10.0. The van der Waals surface area contributed by atoms with Crippen LogP contribution in [0.25, 0.3) is 21.5 Å². The highest BCUT2D eigenvalue weighted by molar-refractivity contribution is 5.97. The third kappa shape index (κ3) is 2.50. The summed E-state index contributed by atoms with van der Waals surface area (Å²) in [6.07, 6.45) is 1.56. The summed E-state index contributed by atoms with van der Waals surface area (Å²) in [7, 11) is 0. The number of carboxylic acids is 2. The number of hydrogen-bond acceptors (Lipinski definition) is 4. The van der Waals surface area contributed by atoms with Gasteiger partial charge in [0.25, 0.3) is 0 Å². The van der Waals surface area contributed by atoms with Crippen molar-refractivity contribution in [3.8, 4) is 11.5 Å². The molecule has 9 rings (SSSR count). The number of fused-ring (bicyclic) bond motifs is 18. The molecule has 0 heterocycles. The normalized spacial score (nSPS) is 22.4. The molecular weight excluding hydrogens is 504 g/mol. The minimum Gasteiger partial charge on any atom is -0.507 e. The molecule has 4 bridgehead atoms. The molecule has 0 unspecified atom stereocenters. The summed E-state index contributed by atoms with van der Waals surface area (Å²) in [6.45, 7) is 0. The summed E-state index contributed by atoms with van der Waals surface area (Å²) < 4.78 is 0. The van der Waals surface area contributed by atoms with Crippen molar-refractivity contribution in [1.82, 2.24) is 0 Å². The van der Waals surface area contributed by atoms with Gasteiger partial charge in [-0.15, -0.1) is 0 Å². The average Bonchev–Trinajstić information content (AvgIpc) is 3.71. The van der Waals surface area contributed by atoms with E-state index in [1.807, 2.05) is 12.1 Å². The molecule has 5 aromatic carbocycles. The lowest BCUT2D eigenvalue weighted by Gasteiger charge is -2.29. The van der Waals surface area contributed by atoms with Crippen LogP contribution in [0, 0.1) is 0 Å². The molecule has 6 heteroatoms. The smallest absolute Gasteiger partial charge is 0.335 e. The minimum atomic E-state index is -0.963. The summed E-state index contributed by atoms with van der Waals surface area (Å²) in [5.74, 6) is -1.49. The van der Waals surface area contributed by atoms with Gasteiger partial charge in [0, 0.05) is 45.9 Å². The van der Waals surface area contributed by atoms with Gasteiger partial charge in [-0.05, 0) is 80.9 Å². The van der Waals surface area contributed by atoms with Gasteiger partial charge in [0.2, 0.25) is 0 Å². The quantitative estimate of drug-likeness (QED) is 0.189. The Hall–Kier alpha value is -4.84. The lowest BCUT2D eigenvalue weighted by Crippen LogP contribution is -2.11. The van der Waals surface area contributed by atoms with E-state index in [4.69, 9.17) is 0 Å². The second-order valence-corrected chi connectivity index (χ2v) is 11.7. The van der Waals surface area contributed by atoms with Crippen LogP contribution < -0.4 is 0 Å². The molecule has 40 heavy (non-hydrogen) atoms. The average molecular weight is 527 g/mol. The molecule has 4 N–H and O–H groups in total. The number of carbonyl (C=O) groups is 2. The van der Waals surface area contributed by atoms with Crippen LogP contribution in [0.4, 0.5) is 0 Å². The fraction of sp³-hybridized carbons (Fsp3) is 0.176. The Labute approximate surface area is 227 Å². The van der Waals surface area contributed by atoms with Crippen LogP contribution in [0.15, 0.2) is 60.7 Å². The van der Waals surface area contributed by atoms with Crippen LogP contribution in [-0.2, 0) is 0 Å². The number of carboxylic acid groups (broad SMARTS) is 2. The molecular formula is C34H22O6. The largest absolute Gasteiger partial charge is 0.507 e. The van der Waals surface area contributed by atoms with E-state index in [9.17, 15) is 30.0 Å². The van der Waals surface area contributed by atoms with Gasteiger partial charge in [-0.2, -0.15) is 0 Å². The van der Waals surface area contributed by atoms with Crippen molar-refractivity contribution in [1.29, 1.82) is 0 Å². The molecule has 194 valence electrons. The molecule has 0 aromatic heterocycles. The van der Waals surface area contributed by atoms with Crippen LogP contribution in [-0.4, -0.2) is 32.4 Å². The lowest BCUT2D eigenvalue weighted by atomic mass is 9.76. The molecule has 5 aromatic rings. The predicted molar refractivity (Wildman–Crippen MR) is 148 cm³/mol. The highest BCUT2D eigenvalue weighted by Gasteiger charge is 2.52. The SMILES string of the molecule is O=C(O)c1ccc2cc3c(cc2c1)[C@H]1C[C@@H]3c2c(O)c3c(c(O)c21)[C@H]1C[C@@H]3c2cc3ccc(C(=O)O)cc3cc21. The maximum absolute atomic E-state index is 11.8. The Kier molecular flexibility index (Phi) is 3.86. The maximum atomic E-state index is 11.8. The lowest BCUT2D eigenvalue weighted by molar-refractivity contribution is 0.0686.